The molecule has 0 heterocycles. The molecule has 0 saturated heterocycles. The third kappa shape index (κ3) is 8.71. The maximum absolute atomic E-state index is 12.6. The van der Waals surface area contributed by atoms with Crippen LogP contribution in [0.15, 0.2) is 24.3 Å². The van der Waals surface area contributed by atoms with E-state index in [0.29, 0.717) is 31.2 Å². The molecule has 0 aliphatic carbocycles. The van der Waals surface area contributed by atoms with Gasteiger partial charge in [0, 0.05) is 6.42 Å². The molecule has 0 fully saturated rings. The van der Waals surface area contributed by atoms with Crippen LogP contribution in [0.4, 0.5) is 0 Å². The van der Waals surface area contributed by atoms with Crippen LogP contribution in [-0.2, 0) is 30.2 Å². The molecule has 0 bridgehead atoms. The molecule has 27 heavy (non-hydrogen) atoms. The number of hydrogen-bond donors (Lipinski definition) is 0. The summed E-state index contributed by atoms with van der Waals surface area (Å²) in [6, 6.07) is 7.01. The summed E-state index contributed by atoms with van der Waals surface area (Å²) < 4.78 is 14.9. The van der Waals surface area contributed by atoms with Gasteiger partial charge in [0.1, 0.15) is 5.60 Å². The van der Waals surface area contributed by atoms with Gasteiger partial charge in [0.25, 0.3) is 0 Å². The molecule has 1 rings (SSSR count). The molecule has 6 nitrogen and oxygen atoms in total. The largest absolute Gasteiger partial charge is 0.469 e. The average molecular weight is 378 g/mol. The fourth-order valence-corrected chi connectivity index (χ4v) is 2.63. The molecular formula is C21H30O6. The lowest BCUT2D eigenvalue weighted by Gasteiger charge is -2.24. The van der Waals surface area contributed by atoms with E-state index >= 15 is 0 Å². The molecular weight excluding hydrogens is 348 g/mol. The predicted molar refractivity (Wildman–Crippen MR) is 101 cm³/mol. The summed E-state index contributed by atoms with van der Waals surface area (Å²) in [6.07, 6.45) is 2.84. The number of unbranched alkanes of at least 4 members (excludes halogenated alkanes) is 1. The number of methoxy groups -OCH3 is 2. The van der Waals surface area contributed by atoms with Gasteiger partial charge in [0.05, 0.1) is 25.7 Å². The van der Waals surface area contributed by atoms with E-state index in [-0.39, 0.29) is 17.9 Å². The van der Waals surface area contributed by atoms with E-state index in [9.17, 15) is 14.4 Å². The van der Waals surface area contributed by atoms with Gasteiger partial charge in [-0.3, -0.25) is 9.59 Å². The number of rotatable bonds is 9. The molecule has 0 radical (unpaired) electrons. The summed E-state index contributed by atoms with van der Waals surface area (Å²) in [6.45, 7) is 5.51. The van der Waals surface area contributed by atoms with E-state index in [1.807, 2.05) is 32.9 Å². The van der Waals surface area contributed by atoms with Crippen molar-refractivity contribution < 1.29 is 28.6 Å². The van der Waals surface area contributed by atoms with Crippen LogP contribution in [0.5, 0.6) is 0 Å². The SMILES string of the molecule is COC(=O)CCCCC(Cc1ccc(C(=O)OC)cc1)C(=O)OC(C)(C)C. The van der Waals surface area contributed by atoms with E-state index in [2.05, 4.69) is 4.74 Å². The van der Waals surface area contributed by atoms with Crippen LogP contribution in [0.2, 0.25) is 0 Å². The first-order valence-corrected chi connectivity index (χ1v) is 9.13. The third-order valence-electron chi connectivity index (χ3n) is 4.01. The second-order valence-electron chi connectivity index (χ2n) is 7.44. The van der Waals surface area contributed by atoms with Crippen molar-refractivity contribution in [2.24, 2.45) is 5.92 Å². The lowest BCUT2D eigenvalue weighted by atomic mass is 9.93. The van der Waals surface area contributed by atoms with E-state index in [4.69, 9.17) is 9.47 Å². The summed E-state index contributed by atoms with van der Waals surface area (Å²) in [7, 11) is 2.70. The van der Waals surface area contributed by atoms with Crippen LogP contribution < -0.4 is 0 Å². The van der Waals surface area contributed by atoms with Gasteiger partial charge in [-0.1, -0.05) is 18.6 Å². The highest BCUT2D eigenvalue weighted by molar-refractivity contribution is 5.89. The van der Waals surface area contributed by atoms with Crippen molar-refractivity contribution in [3.05, 3.63) is 35.4 Å². The first kappa shape index (κ1) is 22.7. The van der Waals surface area contributed by atoms with Crippen LogP contribution in [0.1, 0.15) is 62.4 Å². The topological polar surface area (TPSA) is 78.9 Å². The van der Waals surface area contributed by atoms with Gasteiger partial charge in [0.2, 0.25) is 0 Å². The quantitative estimate of drug-likeness (QED) is 0.370. The molecule has 150 valence electrons. The van der Waals surface area contributed by atoms with Crippen molar-refractivity contribution in [2.45, 2.75) is 58.5 Å². The second-order valence-corrected chi connectivity index (χ2v) is 7.44. The number of hydrogen-bond acceptors (Lipinski definition) is 6. The van der Waals surface area contributed by atoms with Crippen LogP contribution in [-0.4, -0.2) is 37.7 Å². The highest BCUT2D eigenvalue weighted by Gasteiger charge is 2.25. The zero-order valence-corrected chi connectivity index (χ0v) is 16.9. The molecule has 0 aromatic heterocycles. The van der Waals surface area contributed by atoms with Crippen molar-refractivity contribution in [3.63, 3.8) is 0 Å². The van der Waals surface area contributed by atoms with E-state index in [1.165, 1.54) is 14.2 Å². The smallest absolute Gasteiger partial charge is 0.337 e. The fourth-order valence-electron chi connectivity index (χ4n) is 2.63. The summed E-state index contributed by atoms with van der Waals surface area (Å²) in [5.74, 6) is -1.21. The van der Waals surface area contributed by atoms with Gasteiger partial charge >= 0.3 is 17.9 Å². The van der Waals surface area contributed by atoms with Crippen molar-refractivity contribution in [2.75, 3.05) is 14.2 Å². The van der Waals surface area contributed by atoms with Gasteiger partial charge in [0.15, 0.2) is 0 Å². The van der Waals surface area contributed by atoms with E-state index < -0.39 is 11.6 Å². The average Bonchev–Trinajstić information content (AvgIpc) is 2.62. The molecule has 1 aromatic rings. The summed E-state index contributed by atoms with van der Waals surface area (Å²) in [5, 5.41) is 0. The van der Waals surface area contributed by atoms with E-state index in [1.54, 1.807) is 12.1 Å². The van der Waals surface area contributed by atoms with Crippen molar-refractivity contribution in [3.8, 4) is 0 Å². The minimum absolute atomic E-state index is 0.248. The minimum Gasteiger partial charge on any atom is -0.469 e. The van der Waals surface area contributed by atoms with Gasteiger partial charge in [-0.25, -0.2) is 4.79 Å². The normalized spacial score (nSPS) is 12.2. The molecule has 6 heteroatoms. The molecule has 1 atom stereocenters. The Morgan fingerprint density at radius 1 is 0.963 bits per heavy atom. The predicted octanol–water partition coefficient (Wildman–Crippen LogP) is 3.71. The standard InChI is InChI=1S/C21H30O6/c1-21(2,3)27-20(24)17(8-6-7-9-18(22)25-4)14-15-10-12-16(13-11-15)19(23)26-5/h10-13,17H,6-9,14H2,1-5H3. The number of benzene rings is 1. The monoisotopic (exact) mass is 378 g/mol. The molecule has 0 aliphatic heterocycles. The third-order valence-corrected chi connectivity index (χ3v) is 4.01. The lowest BCUT2D eigenvalue weighted by molar-refractivity contribution is -0.160. The molecule has 1 aromatic carbocycles. The summed E-state index contributed by atoms with van der Waals surface area (Å²) >= 11 is 0. The Balaban J connectivity index is 2.76. The Morgan fingerprint density at radius 2 is 1.59 bits per heavy atom. The summed E-state index contributed by atoms with van der Waals surface area (Å²) in [5.41, 5.74) is 0.843. The van der Waals surface area contributed by atoms with Gasteiger partial charge in [-0.05, 0) is 57.7 Å². The highest BCUT2D eigenvalue weighted by atomic mass is 16.6. The zero-order chi connectivity index (χ0) is 20.4. The van der Waals surface area contributed by atoms with Gasteiger partial charge in [-0.15, -0.1) is 0 Å². The Hall–Kier alpha value is -2.37. The molecule has 1 unspecified atom stereocenters. The van der Waals surface area contributed by atoms with Crippen molar-refractivity contribution >= 4 is 17.9 Å². The Labute approximate surface area is 161 Å². The number of ether oxygens (including phenoxy) is 3. The molecule has 0 saturated carbocycles. The fraction of sp³-hybridized carbons (Fsp3) is 0.571. The maximum Gasteiger partial charge on any atom is 0.337 e. The van der Waals surface area contributed by atoms with Crippen LogP contribution in [0.3, 0.4) is 0 Å². The number of carbonyl (C=O) groups excluding carboxylic acids is 3. The van der Waals surface area contributed by atoms with Gasteiger partial charge < -0.3 is 14.2 Å². The summed E-state index contributed by atoms with van der Waals surface area (Å²) in [4.78, 5) is 35.3. The molecule has 0 N–H and O–H groups in total. The first-order valence-electron chi connectivity index (χ1n) is 9.13. The molecule has 0 spiro atoms. The first-order chi connectivity index (χ1) is 12.7. The zero-order valence-electron chi connectivity index (χ0n) is 16.9. The Bertz CT molecular complexity index is 627. The van der Waals surface area contributed by atoms with Crippen LogP contribution >= 0.6 is 0 Å². The highest BCUT2D eigenvalue weighted by Crippen LogP contribution is 2.21. The van der Waals surface area contributed by atoms with Gasteiger partial charge in [-0.2, -0.15) is 0 Å². The van der Waals surface area contributed by atoms with Crippen LogP contribution in [0, 0.1) is 5.92 Å². The van der Waals surface area contributed by atoms with Crippen molar-refractivity contribution in [1.29, 1.82) is 0 Å². The Kier molecular flexibility index (Phi) is 8.98. The maximum atomic E-state index is 12.6. The second kappa shape index (κ2) is 10.7. The molecule has 0 aliphatic rings. The lowest BCUT2D eigenvalue weighted by Crippen LogP contribution is -2.29. The minimum atomic E-state index is -0.559. The van der Waals surface area contributed by atoms with Crippen LogP contribution in [0.25, 0.3) is 0 Å². The molecule has 0 amide bonds. The Morgan fingerprint density at radius 3 is 2.11 bits per heavy atom. The number of carbonyl (C=O) groups is 3. The van der Waals surface area contributed by atoms with E-state index in [0.717, 1.165) is 12.0 Å². The number of esters is 3. The van der Waals surface area contributed by atoms with Crippen molar-refractivity contribution in [1.82, 2.24) is 0 Å².